The molecular weight excluding hydrogens is 312 g/mol. The van der Waals surface area contributed by atoms with E-state index in [1.165, 1.54) is 24.8 Å². The lowest BCUT2D eigenvalue weighted by Gasteiger charge is -2.58. The smallest absolute Gasteiger partial charge is 0.162 e. The van der Waals surface area contributed by atoms with Gasteiger partial charge in [0.15, 0.2) is 11.6 Å². The van der Waals surface area contributed by atoms with Gasteiger partial charge in [-0.25, -0.2) is 0 Å². The highest BCUT2D eigenvalue weighted by atomic mass is 16.5. The third-order valence-corrected chi connectivity index (χ3v) is 8.64. The zero-order valence-electron chi connectivity index (χ0n) is 16.0. The third-order valence-electron chi connectivity index (χ3n) is 8.64. The van der Waals surface area contributed by atoms with Crippen LogP contribution in [0, 0.1) is 34.5 Å². The van der Waals surface area contributed by atoms with Gasteiger partial charge in [0.25, 0.3) is 0 Å². The molecule has 0 bridgehead atoms. The van der Waals surface area contributed by atoms with Gasteiger partial charge in [0.1, 0.15) is 6.61 Å². The summed E-state index contributed by atoms with van der Waals surface area (Å²) in [6.45, 7) is 5.08. The molecule has 25 heavy (non-hydrogen) atoms. The Kier molecular flexibility index (Phi) is 4.22. The lowest BCUT2D eigenvalue weighted by atomic mass is 9.46. The molecule has 0 spiro atoms. The molecule has 138 valence electrons. The number of allylic oxidation sites excluding steroid dienone is 1. The Bertz CT molecular complexity index is 621. The maximum atomic E-state index is 12.6. The number of methoxy groups -OCH3 is 1. The lowest BCUT2D eigenvalue weighted by molar-refractivity contribution is -0.134. The van der Waals surface area contributed by atoms with Gasteiger partial charge in [0.2, 0.25) is 0 Å². The first-order chi connectivity index (χ1) is 11.9. The molecule has 0 heterocycles. The van der Waals surface area contributed by atoms with Crippen molar-refractivity contribution in [3.8, 4) is 0 Å². The zero-order chi connectivity index (χ0) is 17.8. The fourth-order valence-corrected chi connectivity index (χ4v) is 7.33. The number of hydrogen-bond donors (Lipinski definition) is 0. The normalized spacial score (nSPS) is 46.0. The maximum Gasteiger partial charge on any atom is 0.162 e. The van der Waals surface area contributed by atoms with Crippen LogP contribution in [0.4, 0.5) is 0 Å². The lowest BCUT2D eigenvalue weighted by Crippen LogP contribution is -2.51. The minimum atomic E-state index is 0.166. The summed E-state index contributed by atoms with van der Waals surface area (Å²) < 4.78 is 5.16. The van der Waals surface area contributed by atoms with Crippen LogP contribution in [0.25, 0.3) is 0 Å². The van der Waals surface area contributed by atoms with Gasteiger partial charge < -0.3 is 4.74 Å². The van der Waals surface area contributed by atoms with Crippen LogP contribution in [-0.4, -0.2) is 25.3 Å². The number of carbonyl (C=O) groups excluding carboxylic acids is 2. The van der Waals surface area contributed by atoms with Crippen molar-refractivity contribution in [1.82, 2.24) is 0 Å². The molecule has 3 saturated carbocycles. The van der Waals surface area contributed by atoms with Crippen LogP contribution in [0.15, 0.2) is 11.6 Å². The van der Waals surface area contributed by atoms with Crippen molar-refractivity contribution in [2.45, 2.75) is 65.2 Å². The monoisotopic (exact) mass is 344 g/mol. The van der Waals surface area contributed by atoms with Crippen LogP contribution in [-0.2, 0) is 14.3 Å². The Morgan fingerprint density at radius 1 is 1.12 bits per heavy atom. The Hall–Kier alpha value is -0.960. The first kappa shape index (κ1) is 17.5. The molecule has 0 saturated heterocycles. The molecular formula is C22H32O3. The van der Waals surface area contributed by atoms with E-state index in [0.29, 0.717) is 23.4 Å². The minimum Gasteiger partial charge on any atom is -0.377 e. The van der Waals surface area contributed by atoms with E-state index in [0.717, 1.165) is 38.0 Å². The number of rotatable bonds is 3. The maximum absolute atomic E-state index is 12.6. The predicted octanol–water partition coefficient (Wildman–Crippen LogP) is 4.35. The second-order valence-electron chi connectivity index (χ2n) is 9.54. The highest BCUT2D eigenvalue weighted by molar-refractivity contribution is 5.91. The first-order valence-corrected chi connectivity index (χ1v) is 10.2. The van der Waals surface area contributed by atoms with E-state index in [9.17, 15) is 9.59 Å². The number of Topliss-reactive ketones (excluding diaryl/α,β-unsaturated/α-hetero) is 1. The topological polar surface area (TPSA) is 43.4 Å². The summed E-state index contributed by atoms with van der Waals surface area (Å²) in [5.41, 5.74) is 1.82. The van der Waals surface area contributed by atoms with Crippen LogP contribution in [0.1, 0.15) is 65.2 Å². The number of carbonyl (C=O) groups is 2. The molecule has 6 atom stereocenters. The van der Waals surface area contributed by atoms with Crippen LogP contribution < -0.4 is 0 Å². The van der Waals surface area contributed by atoms with E-state index in [-0.39, 0.29) is 23.4 Å². The Morgan fingerprint density at radius 2 is 1.92 bits per heavy atom. The van der Waals surface area contributed by atoms with Gasteiger partial charge in [0, 0.05) is 19.4 Å². The Labute approximate surface area is 151 Å². The molecule has 0 radical (unpaired) electrons. The van der Waals surface area contributed by atoms with E-state index in [1.807, 2.05) is 6.08 Å². The number of fused-ring (bicyclic) bond motifs is 5. The molecule has 4 rings (SSSR count). The Morgan fingerprint density at radius 3 is 2.68 bits per heavy atom. The molecule has 3 nitrogen and oxygen atoms in total. The summed E-state index contributed by atoms with van der Waals surface area (Å²) in [6.07, 6.45) is 10.7. The summed E-state index contributed by atoms with van der Waals surface area (Å²) in [4.78, 5) is 24.5. The second-order valence-corrected chi connectivity index (χ2v) is 9.54. The van der Waals surface area contributed by atoms with Gasteiger partial charge in [0.05, 0.1) is 0 Å². The van der Waals surface area contributed by atoms with Crippen LogP contribution in [0.2, 0.25) is 0 Å². The van der Waals surface area contributed by atoms with Crippen LogP contribution in [0.5, 0.6) is 0 Å². The minimum absolute atomic E-state index is 0.166. The van der Waals surface area contributed by atoms with Crippen molar-refractivity contribution in [3.63, 3.8) is 0 Å². The molecule has 0 amide bonds. The van der Waals surface area contributed by atoms with Gasteiger partial charge in [-0.2, -0.15) is 0 Å². The summed E-state index contributed by atoms with van der Waals surface area (Å²) in [6, 6.07) is 0. The average Bonchev–Trinajstić information content (AvgIpc) is 2.93. The van der Waals surface area contributed by atoms with E-state index < -0.39 is 0 Å². The van der Waals surface area contributed by atoms with Gasteiger partial charge in [-0.05, 0) is 79.6 Å². The van der Waals surface area contributed by atoms with Gasteiger partial charge in [-0.1, -0.05) is 19.4 Å². The van der Waals surface area contributed by atoms with E-state index in [2.05, 4.69) is 13.8 Å². The molecule has 4 aliphatic carbocycles. The summed E-state index contributed by atoms with van der Waals surface area (Å²) in [7, 11) is 1.63. The third kappa shape index (κ3) is 2.49. The molecule has 0 aromatic heterocycles. The molecule has 3 heteroatoms. The van der Waals surface area contributed by atoms with E-state index >= 15 is 0 Å². The van der Waals surface area contributed by atoms with Gasteiger partial charge >= 0.3 is 0 Å². The quantitative estimate of drug-likeness (QED) is 0.764. The van der Waals surface area contributed by atoms with Gasteiger partial charge in [-0.15, -0.1) is 0 Å². The molecule has 0 aromatic rings. The zero-order valence-corrected chi connectivity index (χ0v) is 16.0. The Balaban J connectivity index is 1.61. The number of hydrogen-bond acceptors (Lipinski definition) is 3. The SMILES string of the molecule is COCC(=O)[C@H]1CC[C@H]2[C@@H]3CCC4=CC(=O)CC[C@]4(C)[C@H]3CC[C@]12C. The average molecular weight is 344 g/mol. The fraction of sp³-hybridized carbons (Fsp3) is 0.818. The summed E-state index contributed by atoms with van der Waals surface area (Å²) in [5.74, 6) is 2.95. The summed E-state index contributed by atoms with van der Waals surface area (Å²) in [5, 5.41) is 0. The van der Waals surface area contributed by atoms with Crippen molar-refractivity contribution < 1.29 is 14.3 Å². The van der Waals surface area contributed by atoms with Crippen molar-refractivity contribution in [1.29, 1.82) is 0 Å². The fourth-order valence-electron chi connectivity index (χ4n) is 7.33. The largest absolute Gasteiger partial charge is 0.377 e. The van der Waals surface area contributed by atoms with Crippen LogP contribution >= 0.6 is 0 Å². The van der Waals surface area contributed by atoms with Crippen molar-refractivity contribution in [2.75, 3.05) is 13.7 Å². The van der Waals surface area contributed by atoms with Gasteiger partial charge in [-0.3, -0.25) is 9.59 Å². The molecule has 4 aliphatic rings. The molecule has 0 N–H and O–H groups in total. The predicted molar refractivity (Wildman–Crippen MR) is 97.1 cm³/mol. The number of ether oxygens (including phenoxy) is 1. The van der Waals surface area contributed by atoms with Crippen LogP contribution in [0.3, 0.4) is 0 Å². The van der Waals surface area contributed by atoms with Crippen molar-refractivity contribution in [2.24, 2.45) is 34.5 Å². The summed E-state index contributed by atoms with van der Waals surface area (Å²) >= 11 is 0. The first-order valence-electron chi connectivity index (χ1n) is 10.2. The molecule has 3 fully saturated rings. The molecule has 0 aliphatic heterocycles. The standard InChI is InChI=1S/C22H32O3/c1-21-10-8-15(23)12-14(21)4-5-16-17-6-7-19(20(24)13-25-3)22(17,2)11-9-18(16)21/h12,16-19H,4-11,13H2,1-3H3/t16-,17-,18-,19+,21-,22-/m0/s1. The van der Waals surface area contributed by atoms with E-state index in [1.54, 1.807) is 7.11 Å². The highest BCUT2D eigenvalue weighted by Crippen LogP contribution is 2.66. The molecule has 0 unspecified atom stereocenters. The van der Waals surface area contributed by atoms with E-state index in [4.69, 9.17) is 4.74 Å². The molecule has 0 aromatic carbocycles. The van der Waals surface area contributed by atoms with Crippen molar-refractivity contribution >= 4 is 11.6 Å². The van der Waals surface area contributed by atoms with Crippen molar-refractivity contribution in [3.05, 3.63) is 11.6 Å². The number of ketones is 2. The highest BCUT2D eigenvalue weighted by Gasteiger charge is 2.59. The second kappa shape index (κ2) is 6.04.